The number of aliphatic hydroxyl groups is 1. The molecule has 1 amide bonds. The van der Waals surface area contributed by atoms with Crippen molar-refractivity contribution in [3.8, 4) is 0 Å². The molecule has 7 heteroatoms. The van der Waals surface area contributed by atoms with Crippen LogP contribution in [0, 0.1) is 0 Å². The molecule has 0 aliphatic rings. The van der Waals surface area contributed by atoms with Gasteiger partial charge in [-0.15, -0.1) is 0 Å². The van der Waals surface area contributed by atoms with Gasteiger partial charge in [-0.3, -0.25) is 9.79 Å². The van der Waals surface area contributed by atoms with Crippen LogP contribution in [0.15, 0.2) is 59.6 Å². The van der Waals surface area contributed by atoms with Crippen LogP contribution in [0.3, 0.4) is 0 Å². The van der Waals surface area contributed by atoms with Gasteiger partial charge in [0, 0.05) is 25.7 Å². The zero-order valence-electron chi connectivity index (χ0n) is 18.6. The maximum atomic E-state index is 11.8. The Morgan fingerprint density at radius 1 is 1.13 bits per heavy atom. The van der Waals surface area contributed by atoms with Crippen LogP contribution in [0.25, 0.3) is 0 Å². The van der Waals surface area contributed by atoms with Crippen molar-refractivity contribution in [2.45, 2.75) is 32.5 Å². The highest BCUT2D eigenvalue weighted by Crippen LogP contribution is 2.15. The average molecular weight is 427 g/mol. The Morgan fingerprint density at radius 2 is 1.90 bits per heavy atom. The number of carbonyl (C=O) groups is 1. The van der Waals surface area contributed by atoms with E-state index in [0.29, 0.717) is 18.1 Å². The summed E-state index contributed by atoms with van der Waals surface area (Å²) < 4.78 is 5.77. The Bertz CT molecular complexity index is 827. The van der Waals surface area contributed by atoms with E-state index in [-0.39, 0.29) is 25.2 Å². The fourth-order valence-electron chi connectivity index (χ4n) is 3.00. The molecule has 0 fully saturated rings. The summed E-state index contributed by atoms with van der Waals surface area (Å²) in [5, 5.41) is 19.3. The minimum atomic E-state index is -0.689. The Hall–Kier alpha value is -2.90. The number of guanidine groups is 1. The maximum absolute atomic E-state index is 11.8. The Morgan fingerprint density at radius 3 is 2.61 bits per heavy atom. The number of rotatable bonds is 11. The predicted molar refractivity (Wildman–Crippen MR) is 124 cm³/mol. The van der Waals surface area contributed by atoms with Crippen LogP contribution in [0.2, 0.25) is 0 Å². The number of aliphatic hydroxyl groups excluding tert-OH is 1. The fraction of sp³-hybridized carbons (Fsp3) is 0.417. The number of hydrogen-bond donors (Lipinski definition) is 4. The van der Waals surface area contributed by atoms with Crippen molar-refractivity contribution in [1.29, 1.82) is 0 Å². The number of nitrogens with zero attached hydrogens (tertiary/aromatic N) is 1. The smallest absolute Gasteiger partial charge is 0.251 e. The van der Waals surface area contributed by atoms with Crippen molar-refractivity contribution < 1.29 is 14.6 Å². The second-order valence-electron chi connectivity index (χ2n) is 7.22. The maximum Gasteiger partial charge on any atom is 0.251 e. The monoisotopic (exact) mass is 426 g/mol. The first-order chi connectivity index (χ1) is 15.0. The molecule has 2 rings (SSSR count). The van der Waals surface area contributed by atoms with Gasteiger partial charge in [0.1, 0.15) is 0 Å². The van der Waals surface area contributed by atoms with Gasteiger partial charge in [0.25, 0.3) is 5.91 Å². The Labute approximate surface area is 184 Å². The van der Waals surface area contributed by atoms with Crippen LogP contribution in [-0.2, 0) is 11.2 Å². The molecular weight excluding hydrogens is 392 g/mol. The highest BCUT2D eigenvalue weighted by Gasteiger charge is 2.10. The van der Waals surface area contributed by atoms with Gasteiger partial charge in [-0.1, -0.05) is 42.5 Å². The van der Waals surface area contributed by atoms with E-state index in [1.54, 1.807) is 13.1 Å². The lowest BCUT2D eigenvalue weighted by molar-refractivity contribution is 0.00112. The van der Waals surface area contributed by atoms with E-state index in [2.05, 4.69) is 20.9 Å². The summed E-state index contributed by atoms with van der Waals surface area (Å²) in [6, 6.07) is 17.5. The van der Waals surface area contributed by atoms with Crippen LogP contribution in [0.5, 0.6) is 0 Å². The molecule has 0 bridgehead atoms. The lowest BCUT2D eigenvalue weighted by Crippen LogP contribution is -2.39. The van der Waals surface area contributed by atoms with Gasteiger partial charge in [0.15, 0.2) is 5.96 Å². The van der Waals surface area contributed by atoms with Crippen molar-refractivity contribution >= 4 is 11.9 Å². The van der Waals surface area contributed by atoms with Crippen molar-refractivity contribution in [3.05, 3.63) is 71.3 Å². The molecule has 7 nitrogen and oxygen atoms in total. The summed E-state index contributed by atoms with van der Waals surface area (Å²) >= 11 is 0. The molecule has 2 unspecified atom stereocenters. The Kier molecular flexibility index (Phi) is 10.5. The summed E-state index contributed by atoms with van der Waals surface area (Å²) in [6.45, 7) is 5.78. The normalized spacial score (nSPS) is 13.4. The molecular formula is C24H34N4O3. The van der Waals surface area contributed by atoms with Crippen LogP contribution in [0.4, 0.5) is 0 Å². The molecule has 0 spiro atoms. The van der Waals surface area contributed by atoms with Gasteiger partial charge in [0.05, 0.1) is 25.4 Å². The van der Waals surface area contributed by atoms with Gasteiger partial charge >= 0.3 is 0 Å². The zero-order chi connectivity index (χ0) is 22.5. The molecule has 2 aromatic carbocycles. The lowest BCUT2D eigenvalue weighted by Gasteiger charge is -2.17. The SMILES string of the molecule is CCNC(=NCC(O)COC(C)c1ccccc1)NCCc1cccc(C(=O)NC)c1. The third-order valence-corrected chi connectivity index (χ3v) is 4.73. The van der Waals surface area contributed by atoms with Crippen molar-refractivity contribution in [2.24, 2.45) is 4.99 Å². The highest BCUT2D eigenvalue weighted by molar-refractivity contribution is 5.94. The summed E-state index contributed by atoms with van der Waals surface area (Å²) in [5.41, 5.74) is 2.79. The highest BCUT2D eigenvalue weighted by atomic mass is 16.5. The molecule has 0 aromatic heterocycles. The number of amides is 1. The first-order valence-electron chi connectivity index (χ1n) is 10.7. The topological polar surface area (TPSA) is 95.0 Å². The standard InChI is InChI=1S/C24H34N4O3/c1-4-26-24(27-14-13-19-9-8-12-21(15-19)23(30)25-3)28-16-22(29)17-31-18(2)20-10-6-5-7-11-20/h5-12,15,18,22,29H,4,13-14,16-17H2,1-3H3,(H,25,30)(H2,26,27,28). The lowest BCUT2D eigenvalue weighted by atomic mass is 10.1. The van der Waals surface area contributed by atoms with Gasteiger partial charge in [-0.25, -0.2) is 0 Å². The molecule has 0 aliphatic heterocycles. The number of nitrogens with one attached hydrogen (secondary N) is 3. The van der Waals surface area contributed by atoms with Gasteiger partial charge in [0.2, 0.25) is 0 Å². The molecule has 0 heterocycles. The van der Waals surface area contributed by atoms with Gasteiger partial charge in [-0.05, 0) is 43.5 Å². The van der Waals surface area contributed by atoms with E-state index in [1.807, 2.05) is 62.4 Å². The Balaban J connectivity index is 1.79. The summed E-state index contributed by atoms with van der Waals surface area (Å²) in [6.07, 6.45) is -0.0298. The quantitative estimate of drug-likeness (QED) is 0.327. The second kappa shape index (κ2) is 13.4. The van der Waals surface area contributed by atoms with E-state index < -0.39 is 6.10 Å². The second-order valence-corrected chi connectivity index (χ2v) is 7.22. The average Bonchev–Trinajstić information content (AvgIpc) is 2.81. The van der Waals surface area contributed by atoms with Crippen LogP contribution < -0.4 is 16.0 Å². The molecule has 168 valence electrons. The predicted octanol–water partition coefficient (Wildman–Crippen LogP) is 2.28. The molecule has 0 radical (unpaired) electrons. The first-order valence-corrected chi connectivity index (χ1v) is 10.7. The van der Waals surface area contributed by atoms with Crippen LogP contribution in [0.1, 0.15) is 41.4 Å². The molecule has 2 aromatic rings. The number of carbonyl (C=O) groups excluding carboxylic acids is 1. The largest absolute Gasteiger partial charge is 0.389 e. The summed E-state index contributed by atoms with van der Waals surface area (Å²) in [5.74, 6) is 0.544. The van der Waals surface area contributed by atoms with Crippen molar-refractivity contribution in [3.63, 3.8) is 0 Å². The van der Waals surface area contributed by atoms with E-state index in [9.17, 15) is 9.90 Å². The van der Waals surface area contributed by atoms with Crippen molar-refractivity contribution in [1.82, 2.24) is 16.0 Å². The number of hydrogen-bond acceptors (Lipinski definition) is 4. The first kappa shape index (κ1) is 24.4. The van der Waals surface area contributed by atoms with Crippen LogP contribution >= 0.6 is 0 Å². The molecule has 31 heavy (non-hydrogen) atoms. The van der Waals surface area contributed by atoms with Crippen molar-refractivity contribution in [2.75, 3.05) is 33.3 Å². The van der Waals surface area contributed by atoms with E-state index in [0.717, 1.165) is 24.1 Å². The molecule has 2 atom stereocenters. The van der Waals surface area contributed by atoms with E-state index >= 15 is 0 Å². The number of aliphatic imine (C=N–C) groups is 1. The number of benzene rings is 2. The number of ether oxygens (including phenoxy) is 1. The van der Waals surface area contributed by atoms with Gasteiger partial charge < -0.3 is 25.8 Å². The molecule has 4 N–H and O–H groups in total. The molecule has 0 saturated heterocycles. The minimum Gasteiger partial charge on any atom is -0.389 e. The summed E-state index contributed by atoms with van der Waals surface area (Å²) in [4.78, 5) is 16.2. The zero-order valence-corrected chi connectivity index (χ0v) is 18.6. The van der Waals surface area contributed by atoms with E-state index in [4.69, 9.17) is 4.74 Å². The van der Waals surface area contributed by atoms with E-state index in [1.165, 1.54) is 0 Å². The van der Waals surface area contributed by atoms with Gasteiger partial charge in [-0.2, -0.15) is 0 Å². The third kappa shape index (κ3) is 8.78. The third-order valence-electron chi connectivity index (χ3n) is 4.73. The molecule has 0 saturated carbocycles. The summed E-state index contributed by atoms with van der Waals surface area (Å²) in [7, 11) is 1.62. The minimum absolute atomic E-state index is 0.0863. The fourth-order valence-corrected chi connectivity index (χ4v) is 3.00. The molecule has 0 aliphatic carbocycles. The van der Waals surface area contributed by atoms with Crippen LogP contribution in [-0.4, -0.2) is 56.4 Å².